The lowest BCUT2D eigenvalue weighted by atomic mass is 9.86. The summed E-state index contributed by atoms with van der Waals surface area (Å²) in [6, 6.07) is 12.0. The number of benzene rings is 2. The van der Waals surface area contributed by atoms with Crippen LogP contribution >= 0.6 is 0 Å². The molecule has 6 heteroatoms. The summed E-state index contributed by atoms with van der Waals surface area (Å²) in [6.45, 7) is 7.45. The fourth-order valence-electron chi connectivity index (χ4n) is 2.53. The van der Waals surface area contributed by atoms with E-state index in [0.717, 1.165) is 11.1 Å². The zero-order valence-electron chi connectivity index (χ0n) is 16.1. The van der Waals surface area contributed by atoms with Gasteiger partial charge in [0.15, 0.2) is 0 Å². The van der Waals surface area contributed by atoms with Crippen LogP contribution in [0, 0.1) is 19.8 Å². The van der Waals surface area contributed by atoms with Gasteiger partial charge in [-0.15, -0.1) is 0 Å². The molecule has 2 rings (SSSR count). The summed E-state index contributed by atoms with van der Waals surface area (Å²) < 4.78 is 10.7. The molecule has 27 heavy (non-hydrogen) atoms. The van der Waals surface area contributed by atoms with Gasteiger partial charge >= 0.3 is 12.1 Å². The monoisotopic (exact) mass is 365 g/mol. The molecule has 0 aliphatic rings. The van der Waals surface area contributed by atoms with Gasteiger partial charge in [0, 0.05) is 0 Å². The van der Waals surface area contributed by atoms with Crippen LogP contribution < -0.4 is 15.5 Å². The average Bonchev–Trinajstić information content (AvgIpc) is 2.65. The van der Waals surface area contributed by atoms with Crippen LogP contribution in [0.2, 0.25) is 0 Å². The summed E-state index contributed by atoms with van der Waals surface area (Å²) in [5.74, 6) is -0.313. The van der Waals surface area contributed by atoms with Gasteiger partial charge in [-0.3, -0.25) is 0 Å². The van der Waals surface area contributed by atoms with Crippen molar-refractivity contribution in [2.75, 3.05) is 0 Å². The first kappa shape index (κ1) is 20.6. The highest BCUT2D eigenvalue weighted by Crippen LogP contribution is 2.17. The summed E-state index contributed by atoms with van der Waals surface area (Å²) in [6.07, 6.45) is -0.725. The van der Waals surface area contributed by atoms with Crippen molar-refractivity contribution in [2.24, 2.45) is 5.92 Å². The predicted molar refractivity (Wildman–Crippen MR) is 105 cm³/mol. The zero-order valence-corrected chi connectivity index (χ0v) is 16.1. The number of nitrogens with one attached hydrogen (secondary N) is 1. The summed E-state index contributed by atoms with van der Waals surface area (Å²) in [7, 11) is 5.97. The summed E-state index contributed by atoms with van der Waals surface area (Å²) in [4.78, 5) is 24.7. The molecular formula is C21H24BNO4. The van der Waals surface area contributed by atoms with Gasteiger partial charge in [-0.05, 0) is 37.0 Å². The first-order chi connectivity index (χ1) is 12.8. The normalized spacial score (nSPS) is 11.7. The van der Waals surface area contributed by atoms with E-state index in [-0.39, 0.29) is 12.5 Å². The van der Waals surface area contributed by atoms with Crippen molar-refractivity contribution in [1.29, 1.82) is 0 Å². The molecule has 0 aliphatic carbocycles. The maximum atomic E-state index is 12.4. The number of amides is 1. The van der Waals surface area contributed by atoms with E-state index in [1.165, 1.54) is 0 Å². The molecular weight excluding hydrogens is 341 g/mol. The first-order valence-corrected chi connectivity index (χ1v) is 8.84. The molecule has 0 fully saturated rings. The number of ether oxygens (including phenoxy) is 2. The third-order valence-electron chi connectivity index (χ3n) is 4.30. The SMILES string of the molecule is [B]c1c(C)ccc(OC(=O)N[C@@H](C(=O)OCc2ccccc2)C(C)C)c1C. The Bertz CT molecular complexity index is 805. The second kappa shape index (κ2) is 9.26. The van der Waals surface area contributed by atoms with E-state index in [2.05, 4.69) is 5.32 Å². The minimum absolute atomic E-state index is 0.146. The molecule has 0 saturated carbocycles. The summed E-state index contributed by atoms with van der Waals surface area (Å²) >= 11 is 0. The molecule has 0 unspecified atom stereocenters. The molecule has 0 spiro atoms. The molecule has 5 nitrogen and oxygen atoms in total. The highest BCUT2D eigenvalue weighted by molar-refractivity contribution is 6.34. The van der Waals surface area contributed by atoms with Crippen LogP contribution in [0.1, 0.15) is 30.5 Å². The van der Waals surface area contributed by atoms with Crippen LogP contribution in [-0.2, 0) is 16.1 Å². The van der Waals surface area contributed by atoms with Crippen LogP contribution in [-0.4, -0.2) is 26.0 Å². The Labute approximate surface area is 161 Å². The summed E-state index contributed by atoms with van der Waals surface area (Å²) in [5, 5.41) is 2.59. The minimum atomic E-state index is -0.815. The third kappa shape index (κ3) is 5.61. The highest BCUT2D eigenvalue weighted by Gasteiger charge is 2.27. The van der Waals surface area contributed by atoms with Gasteiger partial charge in [-0.1, -0.05) is 61.3 Å². The molecule has 2 aromatic carbocycles. The molecule has 1 atom stereocenters. The van der Waals surface area contributed by atoms with Gasteiger partial charge in [0.2, 0.25) is 0 Å². The average molecular weight is 365 g/mol. The fourth-order valence-corrected chi connectivity index (χ4v) is 2.53. The lowest BCUT2D eigenvalue weighted by Crippen LogP contribution is -2.46. The van der Waals surface area contributed by atoms with Crippen LogP contribution in [0.25, 0.3) is 0 Å². The Morgan fingerprint density at radius 3 is 2.37 bits per heavy atom. The number of aryl methyl sites for hydroxylation is 1. The largest absolute Gasteiger partial charge is 0.459 e. The molecule has 1 amide bonds. The van der Waals surface area contributed by atoms with Gasteiger partial charge in [0.05, 0.1) is 0 Å². The Morgan fingerprint density at radius 1 is 1.07 bits per heavy atom. The molecule has 1 N–H and O–H groups in total. The van der Waals surface area contributed by atoms with Crippen molar-refractivity contribution in [2.45, 2.75) is 40.3 Å². The Hall–Kier alpha value is -2.76. The molecule has 2 aromatic rings. The van der Waals surface area contributed by atoms with E-state index in [0.29, 0.717) is 16.8 Å². The maximum Gasteiger partial charge on any atom is 0.413 e. The van der Waals surface area contributed by atoms with Gasteiger partial charge in [-0.25, -0.2) is 9.59 Å². The van der Waals surface area contributed by atoms with Crippen LogP contribution in [0.5, 0.6) is 5.75 Å². The highest BCUT2D eigenvalue weighted by atomic mass is 16.6. The lowest BCUT2D eigenvalue weighted by molar-refractivity contribution is -0.148. The van der Waals surface area contributed by atoms with E-state index in [1.807, 2.05) is 51.1 Å². The molecule has 2 radical (unpaired) electrons. The van der Waals surface area contributed by atoms with E-state index >= 15 is 0 Å². The second-order valence-electron chi connectivity index (χ2n) is 6.77. The van der Waals surface area contributed by atoms with Crippen molar-refractivity contribution in [3.05, 3.63) is 59.2 Å². The van der Waals surface area contributed by atoms with E-state index < -0.39 is 18.1 Å². The Kier molecular flexibility index (Phi) is 7.05. The number of esters is 1. The number of hydrogen-bond acceptors (Lipinski definition) is 4. The summed E-state index contributed by atoms with van der Waals surface area (Å²) in [5.41, 5.74) is 3.03. The van der Waals surface area contributed by atoms with Crippen LogP contribution in [0.4, 0.5) is 4.79 Å². The molecule has 0 heterocycles. The number of hydrogen-bond donors (Lipinski definition) is 1. The van der Waals surface area contributed by atoms with Gasteiger partial charge in [0.25, 0.3) is 0 Å². The molecule has 0 saturated heterocycles. The molecule has 140 valence electrons. The first-order valence-electron chi connectivity index (χ1n) is 8.84. The van der Waals surface area contributed by atoms with Crippen molar-refractivity contribution in [3.63, 3.8) is 0 Å². The predicted octanol–water partition coefficient (Wildman–Crippen LogP) is 2.95. The zero-order chi connectivity index (χ0) is 20.0. The minimum Gasteiger partial charge on any atom is -0.459 e. The maximum absolute atomic E-state index is 12.4. The van der Waals surface area contributed by atoms with E-state index in [1.54, 1.807) is 19.1 Å². The topological polar surface area (TPSA) is 64.6 Å². The lowest BCUT2D eigenvalue weighted by Gasteiger charge is -2.21. The standard InChI is InChI=1S/C21H24BNO4/c1-13(2)19(20(24)26-12-16-8-6-5-7-9-16)23-21(25)27-17-11-10-14(3)18(22)15(17)4/h5-11,13,19H,12H2,1-4H3,(H,23,25)/t19-/m1/s1. The molecule has 0 bridgehead atoms. The molecule has 0 aliphatic heterocycles. The number of carbonyl (C=O) groups is 2. The fraction of sp³-hybridized carbons (Fsp3) is 0.333. The van der Waals surface area contributed by atoms with Crippen molar-refractivity contribution >= 4 is 25.4 Å². The van der Waals surface area contributed by atoms with Crippen LogP contribution in [0.15, 0.2) is 42.5 Å². The van der Waals surface area contributed by atoms with Crippen molar-refractivity contribution < 1.29 is 19.1 Å². The number of carbonyl (C=O) groups excluding carboxylic acids is 2. The molecule has 0 aromatic heterocycles. The van der Waals surface area contributed by atoms with Gasteiger partial charge in [0.1, 0.15) is 26.2 Å². The smallest absolute Gasteiger partial charge is 0.413 e. The second-order valence-corrected chi connectivity index (χ2v) is 6.77. The quantitative estimate of drug-likeness (QED) is 0.632. The van der Waals surface area contributed by atoms with Gasteiger partial charge in [-0.2, -0.15) is 0 Å². The third-order valence-corrected chi connectivity index (χ3v) is 4.30. The van der Waals surface area contributed by atoms with E-state index in [4.69, 9.17) is 17.3 Å². The number of rotatable bonds is 6. The van der Waals surface area contributed by atoms with Crippen LogP contribution in [0.3, 0.4) is 0 Å². The van der Waals surface area contributed by atoms with Crippen molar-refractivity contribution in [3.8, 4) is 5.75 Å². The Morgan fingerprint density at radius 2 is 1.74 bits per heavy atom. The van der Waals surface area contributed by atoms with Gasteiger partial charge < -0.3 is 14.8 Å². The van der Waals surface area contributed by atoms with Crippen molar-refractivity contribution in [1.82, 2.24) is 5.32 Å². The van der Waals surface area contributed by atoms with E-state index in [9.17, 15) is 9.59 Å². The Balaban J connectivity index is 1.99.